The second kappa shape index (κ2) is 6.61. The van der Waals surface area contributed by atoms with E-state index in [1.54, 1.807) is 0 Å². The Morgan fingerprint density at radius 3 is 2.74 bits per heavy atom. The highest BCUT2D eigenvalue weighted by atomic mass is 32.2. The second-order valence-corrected chi connectivity index (χ2v) is 9.19. The lowest BCUT2D eigenvalue weighted by Crippen LogP contribution is -2.35. The van der Waals surface area contributed by atoms with Crippen molar-refractivity contribution in [2.24, 2.45) is 0 Å². The van der Waals surface area contributed by atoms with Gasteiger partial charge in [0, 0.05) is 52.5 Å². The first-order valence-electron chi connectivity index (χ1n) is 7.09. The van der Waals surface area contributed by atoms with E-state index < -0.39 is 0 Å². The van der Waals surface area contributed by atoms with Crippen LogP contribution < -0.4 is 5.32 Å². The number of thiophene rings is 1. The molecule has 0 aromatic carbocycles. The summed E-state index contributed by atoms with van der Waals surface area (Å²) in [6.45, 7) is 13.6. The highest BCUT2D eigenvalue weighted by Crippen LogP contribution is 2.23. The molecule has 0 saturated carbocycles. The molecule has 2 nitrogen and oxygen atoms in total. The number of nitrogens with zero attached hydrogens (tertiary/aromatic N) is 1. The summed E-state index contributed by atoms with van der Waals surface area (Å²) < 4.78 is 0. The van der Waals surface area contributed by atoms with Crippen molar-refractivity contribution in [3.05, 3.63) is 21.9 Å². The van der Waals surface area contributed by atoms with Crippen LogP contribution in [0.1, 0.15) is 37.4 Å². The molecule has 19 heavy (non-hydrogen) atoms. The Kier molecular flexibility index (Phi) is 5.35. The van der Waals surface area contributed by atoms with Gasteiger partial charge in [-0.25, -0.2) is 0 Å². The maximum atomic E-state index is 3.56. The molecule has 1 aliphatic rings. The third-order valence-electron chi connectivity index (χ3n) is 3.21. The van der Waals surface area contributed by atoms with Gasteiger partial charge in [0.25, 0.3) is 0 Å². The zero-order chi connectivity index (χ0) is 13.9. The summed E-state index contributed by atoms with van der Waals surface area (Å²) in [5.74, 6) is 1.28. The van der Waals surface area contributed by atoms with E-state index >= 15 is 0 Å². The van der Waals surface area contributed by atoms with E-state index in [4.69, 9.17) is 0 Å². The SMILES string of the molecule is CC1CN(Cc2ccc(CNC(C)(C)C)s2)CCS1. The average molecular weight is 299 g/mol. The molecule has 4 heteroatoms. The van der Waals surface area contributed by atoms with Crippen LogP contribution in [0.15, 0.2) is 12.1 Å². The minimum Gasteiger partial charge on any atom is -0.307 e. The van der Waals surface area contributed by atoms with Gasteiger partial charge in [-0.3, -0.25) is 4.90 Å². The summed E-state index contributed by atoms with van der Waals surface area (Å²) in [5.41, 5.74) is 0.198. The largest absolute Gasteiger partial charge is 0.307 e. The van der Waals surface area contributed by atoms with Crippen LogP contribution in [-0.4, -0.2) is 34.5 Å². The number of thioether (sulfide) groups is 1. The fourth-order valence-corrected chi connectivity index (χ4v) is 4.29. The van der Waals surface area contributed by atoms with Crippen molar-refractivity contribution < 1.29 is 0 Å². The van der Waals surface area contributed by atoms with Crippen LogP contribution in [0.25, 0.3) is 0 Å². The highest BCUT2D eigenvalue weighted by Gasteiger charge is 2.17. The van der Waals surface area contributed by atoms with E-state index in [0.29, 0.717) is 0 Å². The predicted molar refractivity (Wildman–Crippen MR) is 88.1 cm³/mol. The monoisotopic (exact) mass is 298 g/mol. The van der Waals surface area contributed by atoms with Crippen molar-refractivity contribution in [1.29, 1.82) is 0 Å². The van der Waals surface area contributed by atoms with E-state index in [2.05, 4.69) is 61.8 Å². The predicted octanol–water partition coefficient (Wildman–Crippen LogP) is 3.57. The highest BCUT2D eigenvalue weighted by molar-refractivity contribution is 7.99. The number of nitrogens with one attached hydrogen (secondary N) is 1. The van der Waals surface area contributed by atoms with Crippen molar-refractivity contribution in [1.82, 2.24) is 10.2 Å². The molecule has 0 spiro atoms. The molecular formula is C15H26N2S2. The van der Waals surface area contributed by atoms with Crippen LogP contribution in [0.5, 0.6) is 0 Å². The van der Waals surface area contributed by atoms with Gasteiger partial charge < -0.3 is 5.32 Å². The van der Waals surface area contributed by atoms with Crippen molar-refractivity contribution in [3.63, 3.8) is 0 Å². The fraction of sp³-hybridized carbons (Fsp3) is 0.733. The molecule has 2 heterocycles. The van der Waals surface area contributed by atoms with Crippen LogP contribution in [0.2, 0.25) is 0 Å². The molecule has 0 radical (unpaired) electrons. The third-order valence-corrected chi connectivity index (χ3v) is 5.42. The van der Waals surface area contributed by atoms with Gasteiger partial charge in [-0.15, -0.1) is 11.3 Å². The molecule has 1 atom stereocenters. The lowest BCUT2D eigenvalue weighted by atomic mass is 10.1. The van der Waals surface area contributed by atoms with Gasteiger partial charge in [0.1, 0.15) is 0 Å². The average Bonchev–Trinajstić information content (AvgIpc) is 2.73. The quantitative estimate of drug-likeness (QED) is 0.915. The molecule has 0 aliphatic carbocycles. The van der Waals surface area contributed by atoms with Gasteiger partial charge >= 0.3 is 0 Å². The number of hydrogen-bond acceptors (Lipinski definition) is 4. The maximum Gasteiger partial charge on any atom is 0.0328 e. The lowest BCUT2D eigenvalue weighted by molar-refractivity contribution is 0.281. The molecule has 0 bridgehead atoms. The molecule has 0 amide bonds. The Morgan fingerprint density at radius 2 is 2.05 bits per heavy atom. The van der Waals surface area contributed by atoms with Gasteiger partial charge in [0.05, 0.1) is 0 Å². The van der Waals surface area contributed by atoms with Crippen molar-refractivity contribution >= 4 is 23.1 Å². The van der Waals surface area contributed by atoms with E-state index in [9.17, 15) is 0 Å². The van der Waals surface area contributed by atoms with Crippen LogP contribution in [0, 0.1) is 0 Å². The lowest BCUT2D eigenvalue weighted by Gasteiger charge is -2.29. The molecule has 1 fully saturated rings. The first-order chi connectivity index (χ1) is 8.92. The fourth-order valence-electron chi connectivity index (χ4n) is 2.21. The van der Waals surface area contributed by atoms with Crippen LogP contribution >= 0.6 is 23.1 Å². The molecule has 1 saturated heterocycles. The third kappa shape index (κ3) is 5.46. The Hall–Kier alpha value is -0.0300. The Bertz CT molecular complexity index is 395. The van der Waals surface area contributed by atoms with Crippen molar-refractivity contribution in [3.8, 4) is 0 Å². The van der Waals surface area contributed by atoms with Crippen molar-refractivity contribution in [2.45, 2.75) is 51.6 Å². The minimum atomic E-state index is 0.198. The summed E-state index contributed by atoms with van der Waals surface area (Å²) in [4.78, 5) is 5.54. The summed E-state index contributed by atoms with van der Waals surface area (Å²) in [5, 5.41) is 4.34. The Morgan fingerprint density at radius 1 is 1.32 bits per heavy atom. The standard InChI is InChI=1S/C15H26N2S2/c1-12-10-17(7-8-18-12)11-14-6-5-13(19-14)9-16-15(2,3)4/h5-6,12,16H,7-11H2,1-4H3. The van der Waals surface area contributed by atoms with Gasteiger partial charge in [-0.1, -0.05) is 6.92 Å². The van der Waals surface area contributed by atoms with E-state index in [0.717, 1.165) is 18.3 Å². The van der Waals surface area contributed by atoms with E-state index in [1.165, 1.54) is 28.6 Å². The molecule has 1 aromatic rings. The van der Waals surface area contributed by atoms with Gasteiger partial charge in [0.2, 0.25) is 0 Å². The zero-order valence-electron chi connectivity index (χ0n) is 12.5. The van der Waals surface area contributed by atoms with Gasteiger partial charge in [-0.2, -0.15) is 11.8 Å². The first kappa shape index (κ1) is 15.4. The number of hydrogen-bond donors (Lipinski definition) is 1. The Balaban J connectivity index is 1.83. The molecule has 2 rings (SSSR count). The molecule has 108 valence electrons. The number of rotatable bonds is 4. The summed E-state index contributed by atoms with van der Waals surface area (Å²) in [6, 6.07) is 4.58. The molecule has 1 N–H and O–H groups in total. The zero-order valence-corrected chi connectivity index (χ0v) is 14.2. The van der Waals surface area contributed by atoms with Crippen LogP contribution in [-0.2, 0) is 13.1 Å². The molecular weight excluding hydrogens is 272 g/mol. The summed E-state index contributed by atoms with van der Waals surface area (Å²) in [6.07, 6.45) is 0. The van der Waals surface area contributed by atoms with Crippen LogP contribution in [0.4, 0.5) is 0 Å². The van der Waals surface area contributed by atoms with E-state index in [1.807, 2.05) is 11.3 Å². The molecule has 1 unspecified atom stereocenters. The summed E-state index contributed by atoms with van der Waals surface area (Å²) >= 11 is 4.06. The van der Waals surface area contributed by atoms with E-state index in [-0.39, 0.29) is 5.54 Å². The molecule has 1 aliphatic heterocycles. The molecule has 1 aromatic heterocycles. The topological polar surface area (TPSA) is 15.3 Å². The minimum absolute atomic E-state index is 0.198. The summed E-state index contributed by atoms with van der Waals surface area (Å²) in [7, 11) is 0. The van der Waals surface area contributed by atoms with Crippen LogP contribution in [0.3, 0.4) is 0 Å². The van der Waals surface area contributed by atoms with Crippen molar-refractivity contribution in [2.75, 3.05) is 18.8 Å². The maximum absolute atomic E-state index is 3.56. The van der Waals surface area contributed by atoms with Gasteiger partial charge in [0.15, 0.2) is 0 Å². The second-order valence-electron chi connectivity index (χ2n) is 6.39. The smallest absolute Gasteiger partial charge is 0.0328 e. The van der Waals surface area contributed by atoms with Gasteiger partial charge in [-0.05, 0) is 32.9 Å². The normalized spacial score (nSPS) is 21.8. The Labute approximate surface area is 126 Å². The first-order valence-corrected chi connectivity index (χ1v) is 8.95.